The molecule has 7 nitrogen and oxygen atoms in total. The molecule has 0 heterocycles. The number of carbonyl (C=O) groups is 2. The Balaban J connectivity index is 0.000000343. The number of nitrogens with two attached hydrogens (primary N) is 1. The van der Waals surface area contributed by atoms with Crippen molar-refractivity contribution in [1.29, 1.82) is 0 Å². The summed E-state index contributed by atoms with van der Waals surface area (Å²) in [5, 5.41) is 11.5. The Morgan fingerprint density at radius 2 is 1.42 bits per heavy atom. The zero-order chi connectivity index (χ0) is 23.3. The first-order valence-corrected chi connectivity index (χ1v) is 12.3. The fraction of sp³-hybridized carbons (Fsp3) is 0.391. The van der Waals surface area contributed by atoms with Gasteiger partial charge < -0.3 is 20.1 Å². The molecule has 0 bridgehead atoms. The Bertz CT molecular complexity index is 838. The number of aliphatic carboxylic acids is 1. The van der Waals surface area contributed by atoms with E-state index in [-0.39, 0.29) is 5.97 Å². The van der Waals surface area contributed by atoms with E-state index in [0.29, 0.717) is 25.2 Å². The lowest BCUT2D eigenvalue weighted by Crippen LogP contribution is -2.38. The molecule has 0 aliphatic carbocycles. The first-order valence-electron chi connectivity index (χ1n) is 10.2. The van der Waals surface area contributed by atoms with Crippen LogP contribution in [0.5, 0.6) is 0 Å². The van der Waals surface area contributed by atoms with Crippen LogP contribution in [-0.2, 0) is 31.7 Å². The molecule has 2 aromatic carbocycles. The van der Waals surface area contributed by atoms with Crippen LogP contribution in [-0.4, -0.2) is 48.6 Å². The van der Waals surface area contributed by atoms with E-state index in [1.165, 1.54) is 7.11 Å². The molecule has 0 radical (unpaired) electrons. The summed E-state index contributed by atoms with van der Waals surface area (Å²) < 4.78 is 17.2. The maximum Gasteiger partial charge on any atom is 0.323 e. The van der Waals surface area contributed by atoms with Crippen molar-refractivity contribution in [2.75, 3.05) is 19.4 Å². The maximum absolute atomic E-state index is 12.5. The monoisotopic (exact) mass is 448 g/mol. The molecule has 170 valence electrons. The van der Waals surface area contributed by atoms with Gasteiger partial charge >= 0.3 is 11.9 Å². The Morgan fingerprint density at radius 3 is 1.81 bits per heavy atom. The number of esters is 1. The molecule has 0 saturated carbocycles. The molecular weight excluding hydrogens is 415 g/mol. The van der Waals surface area contributed by atoms with E-state index in [1.807, 2.05) is 74.5 Å². The van der Waals surface area contributed by atoms with Crippen LogP contribution in [0, 0.1) is 0 Å². The van der Waals surface area contributed by atoms with Gasteiger partial charge in [0, 0.05) is 12.3 Å². The van der Waals surface area contributed by atoms with Crippen LogP contribution in [0.2, 0.25) is 0 Å². The van der Waals surface area contributed by atoms with Crippen molar-refractivity contribution in [3.05, 3.63) is 71.8 Å². The quantitative estimate of drug-likeness (QED) is 0.377. The van der Waals surface area contributed by atoms with Crippen molar-refractivity contribution in [1.82, 2.24) is 5.09 Å². The largest absolute Gasteiger partial charge is 0.480 e. The molecule has 0 saturated heterocycles. The first kappa shape index (κ1) is 26.6. The number of carboxylic acids is 1. The third kappa shape index (κ3) is 9.92. The van der Waals surface area contributed by atoms with Crippen LogP contribution in [0.1, 0.15) is 25.0 Å². The van der Waals surface area contributed by atoms with Gasteiger partial charge in [-0.05, 0) is 24.0 Å². The average Bonchev–Trinajstić information content (AvgIpc) is 2.79. The standard InChI is InChI=1S/C14H22NO3P.C9H11NO2/c1-4-19(17,5-2)15-13(14(16)18-3)11-12-9-7-6-8-10-12;10-8(9(11)12)6-7-4-2-1-3-5-7/h6-10,13H,4-5,11H2,1-3H3,(H,15,17);1-5,8H,6,10H2,(H,11,12)/t13-;8-/m00/s1. The molecule has 0 spiro atoms. The normalized spacial score (nSPS) is 12.8. The molecule has 2 atom stereocenters. The first-order chi connectivity index (χ1) is 14.7. The molecule has 2 rings (SSSR count). The zero-order valence-electron chi connectivity index (χ0n) is 18.4. The number of benzene rings is 2. The molecule has 0 aliphatic heterocycles. The summed E-state index contributed by atoms with van der Waals surface area (Å²) in [6, 6.07) is 17.6. The molecule has 8 heteroatoms. The number of hydrogen-bond acceptors (Lipinski definition) is 5. The molecule has 0 aromatic heterocycles. The smallest absolute Gasteiger partial charge is 0.323 e. The van der Waals surface area contributed by atoms with E-state index < -0.39 is 25.3 Å². The molecule has 2 aromatic rings. The highest BCUT2D eigenvalue weighted by molar-refractivity contribution is 7.61. The molecule has 4 N–H and O–H groups in total. The van der Waals surface area contributed by atoms with Gasteiger partial charge in [0.2, 0.25) is 0 Å². The Labute approximate surface area is 184 Å². The highest BCUT2D eigenvalue weighted by Crippen LogP contribution is 2.40. The van der Waals surface area contributed by atoms with Crippen molar-refractivity contribution >= 4 is 19.2 Å². The molecule has 31 heavy (non-hydrogen) atoms. The maximum atomic E-state index is 12.5. The summed E-state index contributed by atoms with van der Waals surface area (Å²) >= 11 is 0. The number of carboxylic acid groups (broad SMARTS) is 1. The van der Waals surface area contributed by atoms with E-state index in [0.717, 1.165) is 11.1 Å². The minimum absolute atomic E-state index is 0.369. The van der Waals surface area contributed by atoms with Crippen molar-refractivity contribution in [2.45, 2.75) is 38.8 Å². The highest BCUT2D eigenvalue weighted by Gasteiger charge is 2.27. The second-order valence-electron chi connectivity index (χ2n) is 7.05. The van der Waals surface area contributed by atoms with Gasteiger partial charge in [-0.1, -0.05) is 74.5 Å². The predicted molar refractivity (Wildman–Crippen MR) is 124 cm³/mol. The van der Waals surface area contributed by atoms with Crippen LogP contribution in [0.25, 0.3) is 0 Å². The van der Waals surface area contributed by atoms with E-state index in [4.69, 9.17) is 15.6 Å². The summed E-state index contributed by atoms with van der Waals surface area (Å²) in [4.78, 5) is 22.2. The minimum Gasteiger partial charge on any atom is -0.480 e. The lowest BCUT2D eigenvalue weighted by atomic mass is 10.1. The van der Waals surface area contributed by atoms with Crippen molar-refractivity contribution in [3.8, 4) is 0 Å². The Kier molecular flexibility index (Phi) is 11.8. The number of carbonyl (C=O) groups excluding carboxylic acids is 1. The van der Waals surface area contributed by atoms with Gasteiger partial charge in [0.05, 0.1) is 7.11 Å². The van der Waals surface area contributed by atoms with Gasteiger partial charge in [-0.25, -0.2) is 0 Å². The van der Waals surface area contributed by atoms with Gasteiger partial charge in [0.25, 0.3) is 0 Å². The number of ether oxygens (including phenoxy) is 1. The van der Waals surface area contributed by atoms with Crippen molar-refractivity contribution in [2.24, 2.45) is 5.73 Å². The van der Waals surface area contributed by atoms with Crippen LogP contribution in [0.15, 0.2) is 60.7 Å². The molecule has 0 unspecified atom stereocenters. The van der Waals surface area contributed by atoms with Crippen molar-refractivity contribution in [3.63, 3.8) is 0 Å². The average molecular weight is 449 g/mol. The van der Waals surface area contributed by atoms with Gasteiger partial charge in [-0.15, -0.1) is 0 Å². The number of nitrogens with one attached hydrogen (secondary N) is 1. The fourth-order valence-electron chi connectivity index (χ4n) is 2.82. The topological polar surface area (TPSA) is 119 Å². The lowest BCUT2D eigenvalue weighted by molar-refractivity contribution is -0.142. The summed E-state index contributed by atoms with van der Waals surface area (Å²) in [5.41, 5.74) is 7.32. The summed E-state index contributed by atoms with van der Waals surface area (Å²) in [7, 11) is -1.14. The highest BCUT2D eigenvalue weighted by atomic mass is 31.2. The number of methoxy groups -OCH3 is 1. The lowest BCUT2D eigenvalue weighted by Gasteiger charge is -2.23. The summed E-state index contributed by atoms with van der Waals surface area (Å²) in [6.07, 6.45) is 1.94. The van der Waals surface area contributed by atoms with Crippen LogP contribution in [0.4, 0.5) is 0 Å². The molecule has 0 aliphatic rings. The van der Waals surface area contributed by atoms with Crippen LogP contribution in [0.3, 0.4) is 0 Å². The third-order valence-corrected chi connectivity index (χ3v) is 7.62. The van der Waals surface area contributed by atoms with Gasteiger partial charge in [0.15, 0.2) is 0 Å². The van der Waals surface area contributed by atoms with Crippen LogP contribution >= 0.6 is 7.29 Å². The second-order valence-corrected chi connectivity index (χ2v) is 10.4. The SMILES string of the molecule is CCP(=O)(CC)N[C@@H](Cc1ccccc1)C(=O)OC.N[C@@H](Cc1ccccc1)C(=O)O. The zero-order valence-corrected chi connectivity index (χ0v) is 19.3. The van der Waals surface area contributed by atoms with E-state index >= 15 is 0 Å². The molecule has 0 amide bonds. The van der Waals surface area contributed by atoms with Crippen molar-refractivity contribution < 1.29 is 24.0 Å². The third-order valence-electron chi connectivity index (χ3n) is 4.80. The second kappa shape index (κ2) is 13.8. The van der Waals surface area contributed by atoms with Gasteiger partial charge in [0.1, 0.15) is 19.4 Å². The molecular formula is C23H33N2O5P. The Hall–Kier alpha value is -2.47. The van der Waals surface area contributed by atoms with E-state index in [9.17, 15) is 14.2 Å². The van der Waals surface area contributed by atoms with Gasteiger partial charge in [-0.3, -0.25) is 14.7 Å². The fourth-order valence-corrected chi connectivity index (χ4v) is 4.40. The Morgan fingerprint density at radius 1 is 0.968 bits per heavy atom. The molecule has 0 fully saturated rings. The van der Waals surface area contributed by atoms with E-state index in [1.54, 1.807) is 0 Å². The van der Waals surface area contributed by atoms with Crippen LogP contribution < -0.4 is 10.8 Å². The number of hydrogen-bond donors (Lipinski definition) is 3. The summed E-state index contributed by atoms with van der Waals surface area (Å²) in [6.45, 7) is 3.74. The predicted octanol–water partition coefficient (Wildman–Crippen LogP) is 3.32. The summed E-state index contributed by atoms with van der Waals surface area (Å²) in [5.74, 6) is -1.33. The van der Waals surface area contributed by atoms with E-state index in [2.05, 4.69) is 5.09 Å². The number of rotatable bonds is 10. The van der Waals surface area contributed by atoms with Gasteiger partial charge in [-0.2, -0.15) is 0 Å². The minimum atomic E-state index is -2.49.